The number of hydrogen-bond donors (Lipinski definition) is 1. The molecule has 1 aliphatic rings. The molecule has 3 rings (SSSR count). The molecule has 0 spiro atoms. The van der Waals surface area contributed by atoms with Gasteiger partial charge in [0.05, 0.1) is 0 Å². The molecule has 2 aromatic rings. The van der Waals surface area contributed by atoms with Gasteiger partial charge in [-0.2, -0.15) is 0 Å². The van der Waals surface area contributed by atoms with E-state index >= 15 is 0 Å². The molecule has 1 unspecified atom stereocenters. The van der Waals surface area contributed by atoms with Gasteiger partial charge in [-0.05, 0) is 49.6 Å². The summed E-state index contributed by atoms with van der Waals surface area (Å²) >= 11 is 5.99. The van der Waals surface area contributed by atoms with E-state index in [4.69, 9.17) is 11.6 Å². The fourth-order valence-electron chi connectivity index (χ4n) is 3.60. The second kappa shape index (κ2) is 6.21. The van der Waals surface area contributed by atoms with Gasteiger partial charge in [-0.1, -0.05) is 60.5 Å². The van der Waals surface area contributed by atoms with E-state index in [9.17, 15) is 0 Å². The molecule has 0 heterocycles. The maximum atomic E-state index is 5.99. The van der Waals surface area contributed by atoms with E-state index in [1.54, 1.807) is 0 Å². The SMILES string of the molecule is CNC(Cc1ccc(Cl)cc1)C1(c2ccccc2)CCC1. The predicted molar refractivity (Wildman–Crippen MR) is 90.0 cm³/mol. The van der Waals surface area contributed by atoms with Crippen LogP contribution in [-0.2, 0) is 11.8 Å². The zero-order valence-electron chi connectivity index (χ0n) is 12.5. The van der Waals surface area contributed by atoms with Crippen molar-refractivity contribution in [2.24, 2.45) is 0 Å². The minimum absolute atomic E-state index is 0.287. The number of nitrogens with one attached hydrogen (secondary N) is 1. The Balaban J connectivity index is 1.85. The minimum Gasteiger partial charge on any atom is -0.316 e. The molecule has 0 aliphatic heterocycles. The number of halogens is 1. The molecule has 2 aromatic carbocycles. The summed E-state index contributed by atoms with van der Waals surface area (Å²) in [5, 5.41) is 4.38. The third-order valence-corrected chi connectivity index (χ3v) is 5.22. The van der Waals surface area contributed by atoms with Crippen LogP contribution in [0.1, 0.15) is 30.4 Å². The lowest BCUT2D eigenvalue weighted by Crippen LogP contribution is -2.52. The summed E-state index contributed by atoms with van der Waals surface area (Å²) < 4.78 is 0. The van der Waals surface area contributed by atoms with Crippen LogP contribution < -0.4 is 5.32 Å². The smallest absolute Gasteiger partial charge is 0.0406 e. The van der Waals surface area contributed by atoms with Crippen LogP contribution in [0.15, 0.2) is 54.6 Å². The first-order valence-electron chi connectivity index (χ1n) is 7.72. The zero-order valence-corrected chi connectivity index (χ0v) is 13.2. The van der Waals surface area contributed by atoms with Crippen LogP contribution in [0, 0.1) is 0 Å². The van der Waals surface area contributed by atoms with E-state index in [1.807, 2.05) is 12.1 Å². The van der Waals surface area contributed by atoms with Crippen molar-refractivity contribution in [1.29, 1.82) is 0 Å². The Kier molecular flexibility index (Phi) is 4.32. The molecule has 0 aromatic heterocycles. The van der Waals surface area contributed by atoms with E-state index in [0.717, 1.165) is 11.4 Å². The molecule has 110 valence electrons. The van der Waals surface area contributed by atoms with Crippen molar-refractivity contribution in [3.63, 3.8) is 0 Å². The first-order chi connectivity index (χ1) is 10.2. The van der Waals surface area contributed by atoms with E-state index in [0.29, 0.717) is 6.04 Å². The lowest BCUT2D eigenvalue weighted by Gasteiger charge is -2.48. The van der Waals surface area contributed by atoms with Gasteiger partial charge in [-0.3, -0.25) is 0 Å². The van der Waals surface area contributed by atoms with Crippen LogP contribution in [0.5, 0.6) is 0 Å². The second-order valence-corrected chi connectivity index (χ2v) is 6.48. The highest BCUT2D eigenvalue weighted by Gasteiger charge is 2.44. The van der Waals surface area contributed by atoms with Gasteiger partial charge >= 0.3 is 0 Å². The summed E-state index contributed by atoms with van der Waals surface area (Å²) in [6.45, 7) is 0. The minimum atomic E-state index is 0.287. The van der Waals surface area contributed by atoms with Gasteiger partial charge in [0, 0.05) is 16.5 Å². The summed E-state index contributed by atoms with van der Waals surface area (Å²) in [5.74, 6) is 0. The highest BCUT2D eigenvalue weighted by molar-refractivity contribution is 6.30. The summed E-state index contributed by atoms with van der Waals surface area (Å²) in [5.41, 5.74) is 3.11. The largest absolute Gasteiger partial charge is 0.316 e. The van der Waals surface area contributed by atoms with Crippen molar-refractivity contribution in [1.82, 2.24) is 5.32 Å². The number of benzene rings is 2. The third kappa shape index (κ3) is 2.86. The lowest BCUT2D eigenvalue weighted by molar-refractivity contribution is 0.174. The molecule has 1 atom stereocenters. The van der Waals surface area contributed by atoms with Crippen LogP contribution in [0.4, 0.5) is 0 Å². The van der Waals surface area contributed by atoms with Gasteiger partial charge in [0.15, 0.2) is 0 Å². The highest BCUT2D eigenvalue weighted by atomic mass is 35.5. The number of rotatable bonds is 5. The molecule has 0 amide bonds. The second-order valence-electron chi connectivity index (χ2n) is 6.05. The summed E-state index contributed by atoms with van der Waals surface area (Å²) in [4.78, 5) is 0. The summed E-state index contributed by atoms with van der Waals surface area (Å²) in [7, 11) is 2.09. The molecule has 2 heteroatoms. The van der Waals surface area contributed by atoms with Gasteiger partial charge in [0.2, 0.25) is 0 Å². The number of likely N-dealkylation sites (N-methyl/N-ethyl adjacent to an activating group) is 1. The standard InChI is InChI=1S/C19H22ClN/c1-21-18(14-15-8-10-17(20)11-9-15)19(12-5-13-19)16-6-3-2-4-7-16/h2-4,6-11,18,21H,5,12-14H2,1H3. The Morgan fingerprint density at radius 3 is 2.24 bits per heavy atom. The van der Waals surface area contributed by atoms with Crippen LogP contribution >= 0.6 is 11.6 Å². The quantitative estimate of drug-likeness (QED) is 0.851. The fourth-order valence-corrected chi connectivity index (χ4v) is 3.72. The average molecular weight is 300 g/mol. The molecule has 1 fully saturated rings. The Bertz CT molecular complexity index is 572. The molecule has 0 bridgehead atoms. The molecule has 0 saturated heterocycles. The Hall–Kier alpha value is -1.31. The van der Waals surface area contributed by atoms with E-state index in [2.05, 4.69) is 54.8 Å². The van der Waals surface area contributed by atoms with Crippen LogP contribution in [0.3, 0.4) is 0 Å². The monoisotopic (exact) mass is 299 g/mol. The first-order valence-corrected chi connectivity index (χ1v) is 8.10. The van der Waals surface area contributed by atoms with Gasteiger partial charge < -0.3 is 5.32 Å². The molecule has 1 N–H and O–H groups in total. The summed E-state index contributed by atoms with van der Waals surface area (Å²) in [6.07, 6.45) is 4.92. The topological polar surface area (TPSA) is 12.0 Å². The van der Waals surface area contributed by atoms with Gasteiger partial charge in [0.25, 0.3) is 0 Å². The van der Waals surface area contributed by atoms with Crippen molar-refractivity contribution in [3.8, 4) is 0 Å². The van der Waals surface area contributed by atoms with Crippen molar-refractivity contribution in [2.45, 2.75) is 37.1 Å². The van der Waals surface area contributed by atoms with Crippen molar-refractivity contribution < 1.29 is 0 Å². The van der Waals surface area contributed by atoms with E-state index in [1.165, 1.54) is 30.4 Å². The van der Waals surface area contributed by atoms with Crippen LogP contribution in [-0.4, -0.2) is 13.1 Å². The summed E-state index contributed by atoms with van der Waals surface area (Å²) in [6, 6.07) is 19.7. The Labute approximate surface area is 132 Å². The normalized spacial score (nSPS) is 18.0. The molecule has 1 aliphatic carbocycles. The van der Waals surface area contributed by atoms with E-state index < -0.39 is 0 Å². The Morgan fingerprint density at radius 2 is 1.71 bits per heavy atom. The molecule has 21 heavy (non-hydrogen) atoms. The maximum Gasteiger partial charge on any atom is 0.0406 e. The number of hydrogen-bond acceptors (Lipinski definition) is 1. The fraction of sp³-hybridized carbons (Fsp3) is 0.368. The average Bonchev–Trinajstić information content (AvgIpc) is 2.48. The van der Waals surface area contributed by atoms with Gasteiger partial charge in [0.1, 0.15) is 0 Å². The van der Waals surface area contributed by atoms with Gasteiger partial charge in [-0.15, -0.1) is 0 Å². The molecule has 0 radical (unpaired) electrons. The predicted octanol–water partition coefficient (Wildman–Crippen LogP) is 4.59. The van der Waals surface area contributed by atoms with Crippen LogP contribution in [0.25, 0.3) is 0 Å². The van der Waals surface area contributed by atoms with Crippen LogP contribution in [0.2, 0.25) is 5.02 Å². The highest BCUT2D eigenvalue weighted by Crippen LogP contribution is 2.47. The molecular formula is C19H22ClN. The Morgan fingerprint density at radius 1 is 1.05 bits per heavy atom. The maximum absolute atomic E-state index is 5.99. The third-order valence-electron chi connectivity index (χ3n) is 4.96. The van der Waals surface area contributed by atoms with Gasteiger partial charge in [-0.25, -0.2) is 0 Å². The van der Waals surface area contributed by atoms with E-state index in [-0.39, 0.29) is 5.41 Å². The van der Waals surface area contributed by atoms with Crippen molar-refractivity contribution >= 4 is 11.6 Å². The molecule has 1 saturated carbocycles. The van der Waals surface area contributed by atoms with Crippen molar-refractivity contribution in [2.75, 3.05) is 7.05 Å². The van der Waals surface area contributed by atoms with Crippen molar-refractivity contribution in [3.05, 3.63) is 70.7 Å². The zero-order chi connectivity index (χ0) is 14.7. The molecular weight excluding hydrogens is 278 g/mol. The molecule has 1 nitrogen and oxygen atoms in total. The first kappa shape index (κ1) is 14.6. The lowest BCUT2D eigenvalue weighted by atomic mass is 9.59.